The first kappa shape index (κ1) is 22.4. The van der Waals surface area contributed by atoms with E-state index in [1.165, 1.54) is 0 Å². The number of halogens is 6. The first-order chi connectivity index (χ1) is 9.82. The van der Waals surface area contributed by atoms with Gasteiger partial charge in [0.2, 0.25) is 0 Å². The highest BCUT2D eigenvalue weighted by molar-refractivity contribution is 8.45. The van der Waals surface area contributed by atoms with Crippen molar-refractivity contribution in [1.29, 1.82) is 0 Å². The largest absolute Gasteiger partial charge is 0.370 e. The summed E-state index contributed by atoms with van der Waals surface area (Å²) in [5, 5.41) is 0. The minimum atomic E-state index is -10.3. The number of hydrogen-bond acceptors (Lipinski definition) is 3. The molecule has 1 amide bonds. The summed E-state index contributed by atoms with van der Waals surface area (Å²) in [6.07, 6.45) is 0.305. The van der Waals surface area contributed by atoms with Crippen LogP contribution in [-0.2, 0) is 9.84 Å². The number of aliphatic imine (C=N–C) groups is 1. The lowest BCUT2D eigenvalue weighted by molar-refractivity contribution is 0.100. The summed E-state index contributed by atoms with van der Waals surface area (Å²) < 4.78 is 88.2. The lowest BCUT2D eigenvalue weighted by Gasteiger charge is -2.41. The molecular weight excluding hydrogens is 405 g/mol. The number of guanidine groups is 1. The van der Waals surface area contributed by atoms with Crippen LogP contribution in [0.4, 0.5) is 19.4 Å². The quantitative estimate of drug-likeness (QED) is 0.445. The van der Waals surface area contributed by atoms with Crippen molar-refractivity contribution in [2.75, 3.05) is 6.26 Å². The average Bonchev–Trinajstić information content (AvgIpc) is 2.22. The van der Waals surface area contributed by atoms with E-state index in [4.69, 9.17) is 11.5 Å². The lowest BCUT2D eigenvalue weighted by atomic mass is 10.1. The van der Waals surface area contributed by atoms with Crippen LogP contribution in [0.5, 0.6) is 0 Å². The third-order valence-electron chi connectivity index (χ3n) is 2.57. The topological polar surface area (TPSA) is 116 Å². The molecule has 0 unspecified atom stereocenters. The Balaban J connectivity index is 0.00000529. The minimum absolute atomic E-state index is 0. The Bertz CT molecular complexity index is 834. The van der Waals surface area contributed by atoms with Gasteiger partial charge in [-0.3, -0.25) is 4.79 Å². The molecule has 0 saturated heterocycles. The number of amides is 1. The summed E-state index contributed by atoms with van der Waals surface area (Å²) >= 11 is 0. The second-order valence-corrected chi connectivity index (χ2v) is 9.06. The number of sulfone groups is 1. The van der Waals surface area contributed by atoms with Crippen LogP contribution in [0.1, 0.15) is 15.9 Å². The zero-order valence-electron chi connectivity index (χ0n) is 12.1. The SMILES string of the molecule is Cc1cc(S(F)(F)(F)(F)F)c(S(C)(=O)=O)cc1C(=O)N=C(N)N.Cl. The van der Waals surface area contributed by atoms with E-state index >= 15 is 0 Å². The predicted molar refractivity (Wildman–Crippen MR) is 83.1 cm³/mol. The Hall–Kier alpha value is -1.60. The predicted octanol–water partition coefficient (Wildman–Crippen LogP) is 2.89. The molecule has 0 fully saturated rings. The molecule has 6 nitrogen and oxygen atoms in total. The van der Waals surface area contributed by atoms with Gasteiger partial charge in [-0.05, 0) is 24.6 Å². The maximum absolute atomic E-state index is 13.0. The van der Waals surface area contributed by atoms with E-state index in [0.717, 1.165) is 6.92 Å². The van der Waals surface area contributed by atoms with E-state index in [0.29, 0.717) is 6.26 Å². The molecule has 4 N–H and O–H groups in total. The van der Waals surface area contributed by atoms with Crippen LogP contribution < -0.4 is 11.5 Å². The first-order valence-corrected chi connectivity index (χ1v) is 9.40. The summed E-state index contributed by atoms with van der Waals surface area (Å²) in [5.74, 6) is -1.99. The standard InChI is InChI=1S/C10H12F5N3O3S2.ClH/c1-5-3-8(23(11,12,13,14)15)7(22(2,20)21)4-6(5)9(19)18-10(16)17;/h3-4H,1-2H3,(H4,16,17,18,19);1H. The molecule has 0 aliphatic rings. The molecular formula is C10H13ClF5N3O3S2. The summed E-state index contributed by atoms with van der Waals surface area (Å²) in [4.78, 5) is 10.4. The van der Waals surface area contributed by atoms with E-state index in [1.807, 2.05) is 0 Å². The number of carbonyl (C=O) groups excluding carboxylic acids is 1. The number of aryl methyl sites for hydroxylation is 1. The van der Waals surface area contributed by atoms with Crippen LogP contribution in [0.25, 0.3) is 0 Å². The van der Waals surface area contributed by atoms with Gasteiger partial charge in [0.15, 0.2) is 15.8 Å². The fraction of sp³-hybridized carbons (Fsp3) is 0.200. The van der Waals surface area contributed by atoms with Crippen LogP contribution in [0, 0.1) is 6.92 Å². The van der Waals surface area contributed by atoms with Gasteiger partial charge in [-0.25, -0.2) is 8.42 Å². The van der Waals surface area contributed by atoms with Crippen LogP contribution in [0.3, 0.4) is 0 Å². The summed E-state index contributed by atoms with van der Waals surface area (Å²) in [7, 11) is -15.0. The third kappa shape index (κ3) is 5.21. The van der Waals surface area contributed by atoms with Crippen molar-refractivity contribution in [3.8, 4) is 0 Å². The van der Waals surface area contributed by atoms with Crippen molar-refractivity contribution in [2.24, 2.45) is 16.5 Å². The van der Waals surface area contributed by atoms with Crippen molar-refractivity contribution in [3.05, 3.63) is 23.3 Å². The second-order valence-electron chi connectivity index (χ2n) is 4.70. The first-order valence-electron chi connectivity index (χ1n) is 5.55. The third-order valence-corrected chi connectivity index (χ3v) is 5.00. The van der Waals surface area contributed by atoms with Crippen LogP contribution in [0.2, 0.25) is 0 Å². The van der Waals surface area contributed by atoms with Gasteiger partial charge in [-0.15, -0.1) is 12.4 Å². The van der Waals surface area contributed by atoms with Gasteiger partial charge in [0.25, 0.3) is 5.91 Å². The van der Waals surface area contributed by atoms with Gasteiger partial charge in [0, 0.05) is 11.8 Å². The molecule has 1 aromatic carbocycles. The maximum Gasteiger partial charge on any atom is 0.311 e. The fourth-order valence-corrected chi connectivity index (χ4v) is 4.18. The zero-order chi connectivity index (χ0) is 18.5. The van der Waals surface area contributed by atoms with E-state index < -0.39 is 52.8 Å². The Morgan fingerprint density at radius 3 is 1.92 bits per heavy atom. The molecule has 0 saturated carbocycles. The molecule has 14 heteroatoms. The van der Waals surface area contributed by atoms with Gasteiger partial charge in [-0.2, -0.15) is 4.99 Å². The highest BCUT2D eigenvalue weighted by Gasteiger charge is 2.67. The summed E-state index contributed by atoms with van der Waals surface area (Å²) in [6, 6.07) is 0.0834. The molecule has 24 heavy (non-hydrogen) atoms. The van der Waals surface area contributed by atoms with Crippen LogP contribution in [-0.4, -0.2) is 26.5 Å². The molecule has 0 heterocycles. The van der Waals surface area contributed by atoms with E-state index in [2.05, 4.69) is 4.99 Å². The number of nitrogens with zero attached hydrogens (tertiary/aromatic N) is 1. The monoisotopic (exact) mass is 417 g/mol. The van der Waals surface area contributed by atoms with E-state index in [1.54, 1.807) is 0 Å². The van der Waals surface area contributed by atoms with Gasteiger partial charge < -0.3 is 11.5 Å². The number of benzene rings is 1. The highest BCUT2D eigenvalue weighted by Crippen LogP contribution is 3.02. The minimum Gasteiger partial charge on any atom is -0.370 e. The Morgan fingerprint density at radius 1 is 1.12 bits per heavy atom. The van der Waals surface area contributed by atoms with Crippen molar-refractivity contribution >= 4 is 44.3 Å². The van der Waals surface area contributed by atoms with Crippen molar-refractivity contribution in [3.63, 3.8) is 0 Å². The van der Waals surface area contributed by atoms with Gasteiger partial charge >= 0.3 is 10.2 Å². The van der Waals surface area contributed by atoms with Gasteiger partial charge in [-0.1, -0.05) is 19.4 Å². The normalized spacial score (nSPS) is 14.8. The molecule has 0 spiro atoms. The molecule has 0 aromatic heterocycles. The van der Waals surface area contributed by atoms with Crippen molar-refractivity contribution < 1.29 is 32.6 Å². The smallest absolute Gasteiger partial charge is 0.311 e. The molecule has 0 aliphatic heterocycles. The highest BCUT2D eigenvalue weighted by atomic mass is 35.5. The maximum atomic E-state index is 13.0. The van der Waals surface area contributed by atoms with E-state index in [9.17, 15) is 32.6 Å². The molecule has 0 atom stereocenters. The van der Waals surface area contributed by atoms with Crippen molar-refractivity contribution in [1.82, 2.24) is 0 Å². The Kier molecular flexibility index (Phi) is 5.09. The van der Waals surface area contributed by atoms with Crippen LogP contribution >= 0.6 is 22.6 Å². The summed E-state index contributed by atoms with van der Waals surface area (Å²) in [5.41, 5.74) is 8.67. The Labute approximate surface area is 140 Å². The molecule has 1 rings (SSSR count). The molecule has 0 bridgehead atoms. The fourth-order valence-electron chi connectivity index (χ4n) is 1.66. The van der Waals surface area contributed by atoms with Crippen molar-refractivity contribution in [2.45, 2.75) is 16.7 Å². The molecule has 0 radical (unpaired) electrons. The number of hydrogen-bond donors (Lipinski definition) is 2. The second kappa shape index (κ2) is 5.46. The van der Waals surface area contributed by atoms with Gasteiger partial charge in [0.1, 0.15) is 4.90 Å². The Morgan fingerprint density at radius 2 is 1.58 bits per heavy atom. The average molecular weight is 418 g/mol. The number of nitrogens with two attached hydrogens (primary N) is 2. The number of carbonyl (C=O) groups is 1. The van der Waals surface area contributed by atoms with Crippen LogP contribution in [0.15, 0.2) is 26.9 Å². The van der Waals surface area contributed by atoms with E-state index in [-0.39, 0.29) is 24.5 Å². The molecule has 140 valence electrons. The molecule has 0 aliphatic carbocycles. The summed E-state index contributed by atoms with van der Waals surface area (Å²) in [6.45, 7) is 0.911. The van der Waals surface area contributed by atoms with Gasteiger partial charge in [0.05, 0.1) is 4.90 Å². The number of rotatable bonds is 3. The molecule has 1 aromatic rings. The lowest BCUT2D eigenvalue weighted by Crippen LogP contribution is -2.24. The zero-order valence-corrected chi connectivity index (χ0v) is 14.5.